The number of anilines is 1. The molecule has 0 atom stereocenters. The predicted molar refractivity (Wildman–Crippen MR) is 263 cm³/mol. The number of allylic oxidation sites excluding steroid dienone is 7. The third-order valence-corrected chi connectivity index (χ3v) is 14.9. The molecule has 0 saturated carbocycles. The van der Waals surface area contributed by atoms with E-state index in [9.17, 15) is 30.7 Å². The van der Waals surface area contributed by atoms with Crippen molar-refractivity contribution >= 4 is 43.2 Å². The van der Waals surface area contributed by atoms with Crippen molar-refractivity contribution in [1.82, 2.24) is 5.32 Å². The van der Waals surface area contributed by atoms with Crippen molar-refractivity contribution in [1.29, 1.82) is 0 Å². The number of nitrogens with two attached hydrogens (primary N) is 1. The average Bonchev–Trinajstić information content (AvgIpc) is 3.62. The van der Waals surface area contributed by atoms with Crippen LogP contribution in [0, 0.1) is 0 Å². The molecular weight excluding hydrogens is 873 g/mol. The van der Waals surface area contributed by atoms with E-state index in [2.05, 4.69) is 84.1 Å². The lowest BCUT2D eigenvalue weighted by molar-refractivity contribution is -0.438. The molecule has 0 bridgehead atoms. The Morgan fingerprint density at radius 3 is 2.21 bits per heavy atom. The van der Waals surface area contributed by atoms with Crippen LogP contribution in [-0.2, 0) is 35.9 Å². The van der Waals surface area contributed by atoms with Crippen LogP contribution in [0.5, 0.6) is 5.75 Å². The molecule has 3 aliphatic rings. The van der Waals surface area contributed by atoms with Crippen LogP contribution in [-0.4, -0.2) is 68.3 Å². The van der Waals surface area contributed by atoms with Crippen molar-refractivity contribution < 1.29 is 40.0 Å². The SMILES string of the molecule is CCCC[N+]1=C(C=CC2=C(Oc3ccc(S(=O)(=O)O)cc3)C(=CC=C3N(CCCCCC(=O)NCCCCCCN)c4ccc(S(=O)(=O)O)cc4C3(C)C)CCC2)C(C)(C)c2ccccc21. The number of unbranched alkanes of at least 4 members (excludes halogenated alkanes) is 6. The van der Waals surface area contributed by atoms with Gasteiger partial charge in [-0.1, -0.05) is 70.7 Å². The van der Waals surface area contributed by atoms with Crippen molar-refractivity contribution in [3.8, 4) is 5.75 Å². The molecule has 0 spiro atoms. The van der Waals surface area contributed by atoms with Gasteiger partial charge < -0.3 is 20.7 Å². The summed E-state index contributed by atoms with van der Waals surface area (Å²) in [4.78, 5) is 14.4. The Labute approximate surface area is 392 Å². The van der Waals surface area contributed by atoms with Crippen molar-refractivity contribution in [3.05, 3.63) is 125 Å². The van der Waals surface area contributed by atoms with Crippen LogP contribution >= 0.6 is 0 Å². The highest BCUT2D eigenvalue weighted by atomic mass is 32.2. The van der Waals surface area contributed by atoms with E-state index in [1.165, 1.54) is 35.2 Å². The van der Waals surface area contributed by atoms with Gasteiger partial charge in [-0.05, 0) is 137 Å². The maximum Gasteiger partial charge on any atom is 0.294 e. The molecule has 3 aromatic rings. The summed E-state index contributed by atoms with van der Waals surface area (Å²) in [6.45, 7) is 13.7. The number of amides is 1. The summed E-state index contributed by atoms with van der Waals surface area (Å²) in [6, 6.07) is 19.1. The second-order valence-corrected chi connectivity index (χ2v) is 21.5. The molecule has 356 valence electrons. The lowest BCUT2D eigenvalue weighted by atomic mass is 9.81. The normalized spacial score (nSPS) is 18.2. The monoisotopic (exact) mass is 941 g/mol. The summed E-state index contributed by atoms with van der Waals surface area (Å²) in [5.74, 6) is 1.13. The van der Waals surface area contributed by atoms with Gasteiger partial charge >= 0.3 is 0 Å². The predicted octanol–water partition coefficient (Wildman–Crippen LogP) is 10.2. The molecule has 0 saturated heterocycles. The number of rotatable bonds is 22. The molecule has 6 rings (SSSR count). The topological polar surface area (TPSA) is 179 Å². The van der Waals surface area contributed by atoms with Crippen molar-refractivity contribution in [2.75, 3.05) is 31.1 Å². The Hall–Kier alpha value is -4.86. The highest BCUT2D eigenvalue weighted by Crippen LogP contribution is 2.49. The van der Waals surface area contributed by atoms with Gasteiger partial charge in [0.15, 0.2) is 5.71 Å². The summed E-state index contributed by atoms with van der Waals surface area (Å²) < 4.78 is 77.4. The molecule has 0 aromatic heterocycles. The first-order valence-electron chi connectivity index (χ1n) is 23.6. The average molecular weight is 942 g/mol. The van der Waals surface area contributed by atoms with Crippen LogP contribution in [0.25, 0.3) is 0 Å². The van der Waals surface area contributed by atoms with E-state index in [0.717, 1.165) is 105 Å². The highest BCUT2D eigenvalue weighted by molar-refractivity contribution is 7.86. The van der Waals surface area contributed by atoms with Gasteiger partial charge in [-0.25, -0.2) is 0 Å². The first kappa shape index (κ1) is 50.6. The number of nitrogens with zero attached hydrogens (tertiary/aromatic N) is 2. The smallest absolute Gasteiger partial charge is 0.294 e. The molecule has 5 N–H and O–H groups in total. The Bertz CT molecular complexity index is 2620. The number of carbonyl (C=O) groups excluding carboxylic acids is 1. The molecule has 12 nitrogen and oxygen atoms in total. The summed E-state index contributed by atoms with van der Waals surface area (Å²) in [7, 11) is -8.86. The molecule has 1 aliphatic carbocycles. The minimum absolute atomic E-state index is 0.0537. The van der Waals surface area contributed by atoms with E-state index < -0.39 is 25.7 Å². The number of benzene rings is 3. The van der Waals surface area contributed by atoms with Crippen LogP contribution in [0.2, 0.25) is 0 Å². The minimum Gasteiger partial charge on any atom is -0.457 e. The zero-order chi connectivity index (χ0) is 47.7. The van der Waals surface area contributed by atoms with E-state index in [0.29, 0.717) is 44.0 Å². The zero-order valence-electron chi connectivity index (χ0n) is 39.3. The molecule has 0 unspecified atom stereocenters. The van der Waals surface area contributed by atoms with E-state index in [1.54, 1.807) is 24.3 Å². The number of para-hydroxylation sites is 1. The summed E-state index contributed by atoms with van der Waals surface area (Å²) in [6.07, 6.45) is 19.8. The zero-order valence-corrected chi connectivity index (χ0v) is 40.9. The quantitative estimate of drug-likeness (QED) is 0.0430. The van der Waals surface area contributed by atoms with E-state index in [1.807, 2.05) is 13.8 Å². The number of hydrogen-bond donors (Lipinski definition) is 4. The van der Waals surface area contributed by atoms with Gasteiger partial charge in [-0.15, -0.1) is 0 Å². The maximum absolute atomic E-state index is 12.6. The Morgan fingerprint density at radius 1 is 0.803 bits per heavy atom. The van der Waals surface area contributed by atoms with E-state index in [-0.39, 0.29) is 21.1 Å². The fourth-order valence-corrected chi connectivity index (χ4v) is 10.4. The first-order valence-corrected chi connectivity index (χ1v) is 26.4. The number of nitrogens with one attached hydrogen (secondary N) is 1. The third kappa shape index (κ3) is 12.0. The van der Waals surface area contributed by atoms with Crippen LogP contribution in [0.1, 0.15) is 129 Å². The number of hydrogen-bond acceptors (Lipinski definition) is 8. The fraction of sp³-hybridized carbons (Fsp3) is 0.462. The van der Waals surface area contributed by atoms with Gasteiger partial charge in [-0.2, -0.15) is 21.4 Å². The van der Waals surface area contributed by atoms with Crippen molar-refractivity contribution in [3.63, 3.8) is 0 Å². The number of ether oxygens (including phenoxy) is 1. The lowest BCUT2D eigenvalue weighted by Crippen LogP contribution is -2.28. The van der Waals surface area contributed by atoms with Gasteiger partial charge in [0, 0.05) is 60.4 Å². The molecule has 0 radical (unpaired) electrons. The molecule has 14 heteroatoms. The second kappa shape index (κ2) is 21.8. The van der Waals surface area contributed by atoms with Gasteiger partial charge in [0.2, 0.25) is 11.6 Å². The van der Waals surface area contributed by atoms with Gasteiger partial charge in [0.05, 0.1) is 15.2 Å². The highest BCUT2D eigenvalue weighted by Gasteiger charge is 2.44. The summed E-state index contributed by atoms with van der Waals surface area (Å²) in [5, 5.41) is 3.04. The Balaban J connectivity index is 1.35. The molecule has 2 heterocycles. The van der Waals surface area contributed by atoms with Gasteiger partial charge in [0.1, 0.15) is 18.1 Å². The molecule has 2 aliphatic heterocycles. The van der Waals surface area contributed by atoms with Crippen LogP contribution in [0.4, 0.5) is 11.4 Å². The third-order valence-electron chi connectivity index (χ3n) is 13.1. The van der Waals surface area contributed by atoms with Crippen LogP contribution in [0.3, 0.4) is 0 Å². The largest absolute Gasteiger partial charge is 0.457 e. The minimum atomic E-state index is -4.46. The molecule has 66 heavy (non-hydrogen) atoms. The summed E-state index contributed by atoms with van der Waals surface area (Å²) in [5.41, 5.74) is 12.9. The summed E-state index contributed by atoms with van der Waals surface area (Å²) >= 11 is 0. The van der Waals surface area contributed by atoms with Gasteiger partial charge in [-0.3, -0.25) is 13.9 Å². The Kier molecular flexibility index (Phi) is 16.7. The van der Waals surface area contributed by atoms with Crippen molar-refractivity contribution in [2.24, 2.45) is 5.73 Å². The van der Waals surface area contributed by atoms with E-state index >= 15 is 0 Å². The second-order valence-electron chi connectivity index (χ2n) is 18.7. The molecule has 3 aromatic carbocycles. The maximum atomic E-state index is 12.6. The van der Waals surface area contributed by atoms with Crippen molar-refractivity contribution in [2.45, 2.75) is 139 Å². The van der Waals surface area contributed by atoms with E-state index in [4.69, 9.17) is 10.5 Å². The van der Waals surface area contributed by atoms with Crippen LogP contribution < -0.4 is 20.7 Å². The molecule has 0 fully saturated rings. The lowest BCUT2D eigenvalue weighted by Gasteiger charge is -2.27. The molecule has 1 amide bonds. The fourth-order valence-electron chi connectivity index (χ4n) is 9.43. The van der Waals surface area contributed by atoms with Gasteiger partial charge in [0.25, 0.3) is 20.2 Å². The molecular formula is C52H69N4O8S2+. The Morgan fingerprint density at radius 2 is 1.50 bits per heavy atom. The number of carbonyl (C=O) groups is 1. The van der Waals surface area contributed by atoms with Crippen LogP contribution in [0.15, 0.2) is 123 Å². The first-order chi connectivity index (χ1) is 31.4. The number of fused-ring (bicyclic) bond motifs is 2. The standard InChI is InChI=1S/C52H68N4O8S2/c1-6-7-35-55-45-21-13-12-20-43(45)51(2,3)47(55)31-23-38-18-17-19-39(50(38)64-40-25-27-41(28-26-40)65(58,59)60)24-32-48-52(4,5)44-37-42(66(61,62)63)29-30-46(44)56(48)36-16-10-11-22-49(57)54-34-15-9-8-14-33-53/h12-13,20-21,23-32,37H,6-11,14-19,22,33-36,53H2,1-5H3,(H2-,54,57,58,59,60,61,62,63)/p+1.